The predicted octanol–water partition coefficient (Wildman–Crippen LogP) is 4.08. The molecule has 0 saturated carbocycles. The number of rotatable bonds is 4. The van der Waals surface area contributed by atoms with Crippen LogP contribution < -0.4 is 5.32 Å². The van der Waals surface area contributed by atoms with Gasteiger partial charge in [-0.1, -0.05) is 0 Å². The van der Waals surface area contributed by atoms with Crippen molar-refractivity contribution >= 4 is 18.3 Å². The van der Waals surface area contributed by atoms with Crippen LogP contribution in [0.5, 0.6) is 0 Å². The van der Waals surface area contributed by atoms with Crippen molar-refractivity contribution < 1.29 is 18.0 Å². The molecule has 1 aromatic carbocycles. The van der Waals surface area contributed by atoms with Gasteiger partial charge in [0.25, 0.3) is 5.91 Å². The average Bonchev–Trinajstić information content (AvgIpc) is 2.55. The number of alkyl halides is 3. The van der Waals surface area contributed by atoms with Crippen molar-refractivity contribution in [2.75, 3.05) is 26.2 Å². The molecule has 0 aliphatic carbocycles. The van der Waals surface area contributed by atoms with Gasteiger partial charge in [-0.2, -0.15) is 13.2 Å². The van der Waals surface area contributed by atoms with E-state index in [0.29, 0.717) is 18.7 Å². The van der Waals surface area contributed by atoms with Gasteiger partial charge < -0.3 is 10.2 Å². The lowest BCUT2D eigenvalue weighted by atomic mass is 9.88. The molecule has 1 saturated heterocycles. The van der Waals surface area contributed by atoms with Crippen molar-refractivity contribution in [1.82, 2.24) is 10.2 Å². The first-order valence-electron chi connectivity index (χ1n) is 8.09. The maximum atomic E-state index is 13.2. The third kappa shape index (κ3) is 4.86. The summed E-state index contributed by atoms with van der Waals surface area (Å²) in [6, 6.07) is 3.83. The van der Waals surface area contributed by atoms with Crippen LogP contribution in [0.1, 0.15) is 54.1 Å². The molecule has 1 aliphatic heterocycles. The Morgan fingerprint density at radius 1 is 1.17 bits per heavy atom. The summed E-state index contributed by atoms with van der Waals surface area (Å²) >= 11 is 0. The number of nitrogens with one attached hydrogen (secondary N) is 1. The first kappa shape index (κ1) is 20.8. The number of carbonyl (C=O) groups excluding carboxylic acids is 1. The highest BCUT2D eigenvalue weighted by Crippen LogP contribution is 2.34. The summed E-state index contributed by atoms with van der Waals surface area (Å²) in [4.78, 5) is 14.0. The summed E-state index contributed by atoms with van der Waals surface area (Å²) in [7, 11) is 0. The fraction of sp³-hybridized carbons (Fsp3) is 0.588. The van der Waals surface area contributed by atoms with Gasteiger partial charge in [0.15, 0.2) is 0 Å². The van der Waals surface area contributed by atoms with Gasteiger partial charge in [0.2, 0.25) is 0 Å². The second-order valence-corrected chi connectivity index (χ2v) is 5.84. The molecule has 0 radical (unpaired) electrons. The first-order chi connectivity index (χ1) is 10.9. The average molecular weight is 365 g/mol. The van der Waals surface area contributed by atoms with Gasteiger partial charge in [-0.25, -0.2) is 0 Å². The van der Waals surface area contributed by atoms with Gasteiger partial charge in [-0.05, 0) is 69.5 Å². The largest absolute Gasteiger partial charge is 0.416 e. The van der Waals surface area contributed by atoms with Gasteiger partial charge in [-0.3, -0.25) is 4.79 Å². The summed E-state index contributed by atoms with van der Waals surface area (Å²) in [5, 5.41) is 3.21. The summed E-state index contributed by atoms with van der Waals surface area (Å²) in [5.74, 6) is -0.266. The molecule has 1 amide bonds. The molecule has 3 nitrogen and oxygen atoms in total. The quantitative estimate of drug-likeness (QED) is 0.873. The molecule has 136 valence electrons. The van der Waals surface area contributed by atoms with Crippen LogP contribution in [0.4, 0.5) is 13.2 Å². The highest BCUT2D eigenvalue weighted by molar-refractivity contribution is 5.94. The Morgan fingerprint density at radius 3 is 2.25 bits per heavy atom. The Bertz CT molecular complexity index is 553. The fourth-order valence-electron chi connectivity index (χ4n) is 3.02. The molecule has 0 unspecified atom stereocenters. The van der Waals surface area contributed by atoms with Crippen molar-refractivity contribution in [2.24, 2.45) is 0 Å². The minimum absolute atomic E-state index is 0. The second-order valence-electron chi connectivity index (χ2n) is 5.84. The van der Waals surface area contributed by atoms with E-state index < -0.39 is 11.7 Å². The van der Waals surface area contributed by atoms with Crippen LogP contribution in [0.25, 0.3) is 0 Å². The Labute approximate surface area is 147 Å². The zero-order chi connectivity index (χ0) is 17.0. The first-order valence-corrected chi connectivity index (χ1v) is 8.09. The van der Waals surface area contributed by atoms with E-state index in [9.17, 15) is 18.0 Å². The highest BCUT2D eigenvalue weighted by atomic mass is 35.5. The number of hydrogen-bond acceptors (Lipinski definition) is 2. The third-order valence-corrected chi connectivity index (χ3v) is 4.39. The van der Waals surface area contributed by atoms with Crippen molar-refractivity contribution in [1.29, 1.82) is 0 Å². The fourth-order valence-corrected chi connectivity index (χ4v) is 3.02. The zero-order valence-corrected chi connectivity index (χ0v) is 14.8. The molecule has 1 aliphatic rings. The van der Waals surface area contributed by atoms with Crippen LogP contribution in [-0.2, 0) is 6.18 Å². The van der Waals surface area contributed by atoms with Gasteiger partial charge in [0.05, 0.1) is 5.56 Å². The molecule has 1 fully saturated rings. The number of amides is 1. The Balaban J connectivity index is 0.00000288. The normalized spacial score (nSPS) is 15.7. The van der Waals surface area contributed by atoms with E-state index in [1.54, 1.807) is 11.0 Å². The summed E-state index contributed by atoms with van der Waals surface area (Å²) < 4.78 is 39.6. The van der Waals surface area contributed by atoms with E-state index in [-0.39, 0.29) is 29.8 Å². The zero-order valence-electron chi connectivity index (χ0n) is 13.9. The minimum Gasteiger partial charge on any atom is -0.339 e. The van der Waals surface area contributed by atoms with Gasteiger partial charge in [-0.15, -0.1) is 12.4 Å². The molecule has 24 heavy (non-hydrogen) atoms. The van der Waals surface area contributed by atoms with E-state index in [2.05, 4.69) is 5.32 Å². The predicted molar refractivity (Wildman–Crippen MR) is 90.8 cm³/mol. The molecular weight excluding hydrogens is 341 g/mol. The second kappa shape index (κ2) is 8.72. The maximum absolute atomic E-state index is 13.2. The van der Waals surface area contributed by atoms with E-state index in [4.69, 9.17) is 0 Å². The van der Waals surface area contributed by atoms with E-state index in [0.717, 1.165) is 32.0 Å². The van der Waals surface area contributed by atoms with Crippen LogP contribution in [0, 0.1) is 0 Å². The van der Waals surface area contributed by atoms with Crippen molar-refractivity contribution in [3.63, 3.8) is 0 Å². The standard InChI is InChI=1S/C17H23F3N2O.ClH/c1-3-22(4-2)16(23)14-9-13(12-5-7-21-8-6-12)10-15(11-14)17(18,19)20;/h9-12,21H,3-8H2,1-2H3;1H. The molecule has 1 N–H and O–H groups in total. The topological polar surface area (TPSA) is 32.3 Å². The molecule has 0 spiro atoms. The molecule has 0 bridgehead atoms. The molecule has 1 heterocycles. The summed E-state index contributed by atoms with van der Waals surface area (Å²) in [6.07, 6.45) is -2.86. The molecule has 7 heteroatoms. The molecule has 1 aromatic rings. The lowest BCUT2D eigenvalue weighted by Crippen LogP contribution is -2.31. The lowest BCUT2D eigenvalue weighted by molar-refractivity contribution is -0.137. The van der Waals surface area contributed by atoms with Crippen molar-refractivity contribution in [3.8, 4) is 0 Å². The molecule has 0 atom stereocenters. The van der Waals surface area contributed by atoms with Crippen LogP contribution in [0.15, 0.2) is 18.2 Å². The van der Waals surface area contributed by atoms with Gasteiger partial charge >= 0.3 is 6.18 Å². The summed E-state index contributed by atoms with van der Waals surface area (Å²) in [6.45, 7) is 6.19. The Kier molecular flexibility index (Phi) is 7.55. The van der Waals surface area contributed by atoms with Crippen LogP contribution in [-0.4, -0.2) is 37.0 Å². The molecule has 2 rings (SSSR count). The maximum Gasteiger partial charge on any atom is 0.416 e. The molecule has 0 aromatic heterocycles. The number of piperidine rings is 1. The Morgan fingerprint density at radius 2 is 1.75 bits per heavy atom. The number of halogens is 4. The van der Waals surface area contributed by atoms with Gasteiger partial charge in [0.1, 0.15) is 0 Å². The van der Waals surface area contributed by atoms with Crippen molar-refractivity contribution in [3.05, 3.63) is 34.9 Å². The van der Waals surface area contributed by atoms with Crippen LogP contribution in [0.2, 0.25) is 0 Å². The Hall–Kier alpha value is -1.27. The van der Waals surface area contributed by atoms with E-state index in [1.165, 1.54) is 6.07 Å². The monoisotopic (exact) mass is 364 g/mol. The van der Waals surface area contributed by atoms with E-state index >= 15 is 0 Å². The van der Waals surface area contributed by atoms with Crippen LogP contribution >= 0.6 is 12.4 Å². The number of carbonyl (C=O) groups is 1. The number of benzene rings is 1. The highest BCUT2D eigenvalue weighted by Gasteiger charge is 2.33. The number of nitrogens with zero attached hydrogens (tertiary/aromatic N) is 1. The van der Waals surface area contributed by atoms with Crippen LogP contribution in [0.3, 0.4) is 0 Å². The SMILES string of the molecule is CCN(CC)C(=O)c1cc(C2CCNCC2)cc(C(F)(F)F)c1.Cl. The molecular formula is C17H24ClF3N2O. The van der Waals surface area contributed by atoms with E-state index in [1.807, 2.05) is 13.8 Å². The third-order valence-electron chi connectivity index (χ3n) is 4.39. The lowest BCUT2D eigenvalue weighted by Gasteiger charge is -2.25. The smallest absolute Gasteiger partial charge is 0.339 e. The summed E-state index contributed by atoms with van der Waals surface area (Å²) in [5.41, 5.74) is 0.0259. The van der Waals surface area contributed by atoms with Gasteiger partial charge in [0, 0.05) is 18.7 Å². The number of hydrogen-bond donors (Lipinski definition) is 1. The minimum atomic E-state index is -4.44. The van der Waals surface area contributed by atoms with Crippen molar-refractivity contribution in [2.45, 2.75) is 38.8 Å².